The van der Waals surface area contributed by atoms with Gasteiger partial charge in [0.2, 0.25) is 0 Å². The van der Waals surface area contributed by atoms with Gasteiger partial charge in [0.25, 0.3) is 0 Å². The van der Waals surface area contributed by atoms with Crippen LogP contribution in [-0.4, -0.2) is 6.18 Å². The minimum absolute atomic E-state index is 0.650. The molecular weight excluding hydrogens is 257 g/mol. The largest absolute Gasteiger partial charge is 0.390 e. The van der Waals surface area contributed by atoms with E-state index in [2.05, 4.69) is 15.9 Å². The van der Waals surface area contributed by atoms with Crippen molar-refractivity contribution < 1.29 is 13.2 Å². The fourth-order valence-electron chi connectivity index (χ4n) is 1.10. The van der Waals surface area contributed by atoms with Gasteiger partial charge in [-0.1, -0.05) is 45.8 Å². The van der Waals surface area contributed by atoms with Crippen LogP contribution >= 0.6 is 15.9 Å². The predicted molar refractivity (Wildman–Crippen MR) is 53.5 cm³/mol. The van der Waals surface area contributed by atoms with E-state index in [1.54, 1.807) is 24.3 Å². The van der Waals surface area contributed by atoms with Crippen molar-refractivity contribution in [3.05, 3.63) is 35.4 Å². The Balaban J connectivity index is 2.70. The second kappa shape index (κ2) is 4.34. The number of hydrogen-bond donors (Lipinski definition) is 0. The Kier molecular flexibility index (Phi) is 3.59. The van der Waals surface area contributed by atoms with Crippen molar-refractivity contribution in [3.63, 3.8) is 0 Å². The van der Waals surface area contributed by atoms with Gasteiger partial charge in [-0.15, -0.1) is 0 Å². The lowest BCUT2D eigenvalue weighted by molar-refractivity contribution is -0.134. The van der Waals surface area contributed by atoms with Crippen LogP contribution in [0.5, 0.6) is 0 Å². The molecule has 0 aliphatic rings. The molecule has 0 saturated carbocycles. The molecule has 4 heteroatoms. The lowest BCUT2D eigenvalue weighted by atomic mass is 10.1. The third kappa shape index (κ3) is 3.70. The molecular formula is C10H10BrF3. The van der Waals surface area contributed by atoms with E-state index < -0.39 is 17.4 Å². The minimum atomic E-state index is -4.13. The van der Waals surface area contributed by atoms with Gasteiger partial charge >= 0.3 is 6.18 Å². The zero-order valence-electron chi connectivity index (χ0n) is 7.61. The van der Waals surface area contributed by atoms with Crippen LogP contribution in [0.25, 0.3) is 0 Å². The topological polar surface area (TPSA) is 0 Å². The average Bonchev–Trinajstić information content (AvgIpc) is 2.02. The smallest absolute Gasteiger partial charge is 0.171 e. The van der Waals surface area contributed by atoms with Crippen LogP contribution in [0.4, 0.5) is 13.2 Å². The highest BCUT2D eigenvalue weighted by molar-refractivity contribution is 9.09. The Morgan fingerprint density at radius 2 is 1.71 bits per heavy atom. The van der Waals surface area contributed by atoms with Crippen LogP contribution in [0.1, 0.15) is 22.4 Å². The Hall–Kier alpha value is -0.510. The van der Waals surface area contributed by atoms with E-state index in [1.807, 2.05) is 6.92 Å². The molecule has 14 heavy (non-hydrogen) atoms. The molecule has 0 spiro atoms. The van der Waals surface area contributed by atoms with E-state index in [4.69, 9.17) is 0 Å². The van der Waals surface area contributed by atoms with Crippen molar-refractivity contribution in [2.75, 3.05) is 0 Å². The van der Waals surface area contributed by atoms with E-state index >= 15 is 0 Å². The third-order valence-corrected chi connectivity index (χ3v) is 2.70. The molecule has 0 nitrogen and oxygen atoms in total. The first-order chi connectivity index (χ1) is 6.38. The van der Waals surface area contributed by atoms with Gasteiger partial charge in [-0.3, -0.25) is 0 Å². The summed E-state index contributed by atoms with van der Waals surface area (Å²) >= 11 is 3.03. The molecule has 78 valence electrons. The molecule has 0 aromatic heterocycles. The van der Waals surface area contributed by atoms with Crippen LogP contribution in [0.3, 0.4) is 0 Å². The summed E-state index contributed by atoms with van der Waals surface area (Å²) in [6, 6.07) is 7.03. The molecule has 0 aliphatic carbocycles. The average molecular weight is 267 g/mol. The lowest BCUT2D eigenvalue weighted by Gasteiger charge is -2.12. The maximum Gasteiger partial charge on any atom is 0.390 e. The van der Waals surface area contributed by atoms with Crippen LogP contribution in [-0.2, 0) is 0 Å². The highest BCUT2D eigenvalue weighted by Gasteiger charge is 2.31. The van der Waals surface area contributed by atoms with E-state index in [0.29, 0.717) is 5.56 Å². The summed E-state index contributed by atoms with van der Waals surface area (Å²) in [5.74, 6) is 0. The van der Waals surface area contributed by atoms with Gasteiger partial charge in [-0.2, -0.15) is 13.2 Å². The maximum atomic E-state index is 12.0. The number of alkyl halides is 4. The van der Waals surface area contributed by atoms with Gasteiger partial charge in [0.15, 0.2) is 0 Å². The van der Waals surface area contributed by atoms with Crippen molar-refractivity contribution in [2.24, 2.45) is 0 Å². The Bertz CT molecular complexity index is 289. The molecule has 1 aromatic carbocycles. The van der Waals surface area contributed by atoms with Gasteiger partial charge in [0.05, 0.1) is 6.42 Å². The first kappa shape index (κ1) is 11.6. The van der Waals surface area contributed by atoms with Gasteiger partial charge in [-0.05, 0) is 12.5 Å². The fourth-order valence-corrected chi connectivity index (χ4v) is 1.77. The molecule has 0 saturated heterocycles. The SMILES string of the molecule is Cc1ccc(C(Br)CC(F)(F)F)cc1. The van der Waals surface area contributed by atoms with E-state index in [1.165, 1.54) is 0 Å². The Morgan fingerprint density at radius 3 is 2.14 bits per heavy atom. The second-order valence-corrected chi connectivity index (χ2v) is 4.30. The number of hydrogen-bond acceptors (Lipinski definition) is 0. The van der Waals surface area contributed by atoms with Crippen LogP contribution < -0.4 is 0 Å². The van der Waals surface area contributed by atoms with Crippen LogP contribution in [0.2, 0.25) is 0 Å². The summed E-state index contributed by atoms with van der Waals surface area (Å²) in [5, 5.41) is 0. The van der Waals surface area contributed by atoms with Crippen molar-refractivity contribution in [3.8, 4) is 0 Å². The van der Waals surface area contributed by atoms with Gasteiger partial charge in [-0.25, -0.2) is 0 Å². The lowest BCUT2D eigenvalue weighted by Crippen LogP contribution is -2.10. The number of benzene rings is 1. The zero-order chi connectivity index (χ0) is 10.8. The normalized spacial score (nSPS) is 14.1. The number of halogens is 4. The van der Waals surface area contributed by atoms with E-state index in [-0.39, 0.29) is 0 Å². The summed E-state index contributed by atoms with van der Waals surface area (Å²) in [5.41, 5.74) is 1.70. The zero-order valence-corrected chi connectivity index (χ0v) is 9.19. The quantitative estimate of drug-likeness (QED) is 0.697. The Labute approximate surface area is 89.3 Å². The highest BCUT2D eigenvalue weighted by Crippen LogP contribution is 2.35. The maximum absolute atomic E-state index is 12.0. The number of aryl methyl sites for hydroxylation is 1. The summed E-state index contributed by atoms with van der Waals surface area (Å²) < 4.78 is 36.1. The minimum Gasteiger partial charge on any atom is -0.171 e. The molecule has 1 unspecified atom stereocenters. The first-order valence-corrected chi connectivity index (χ1v) is 5.07. The first-order valence-electron chi connectivity index (χ1n) is 4.16. The van der Waals surface area contributed by atoms with E-state index in [0.717, 1.165) is 5.56 Å². The fraction of sp³-hybridized carbons (Fsp3) is 0.400. The van der Waals surface area contributed by atoms with Crippen molar-refractivity contribution in [1.29, 1.82) is 0 Å². The van der Waals surface area contributed by atoms with Gasteiger partial charge in [0.1, 0.15) is 0 Å². The Morgan fingerprint density at radius 1 is 1.21 bits per heavy atom. The van der Waals surface area contributed by atoms with Gasteiger partial charge < -0.3 is 0 Å². The van der Waals surface area contributed by atoms with Crippen molar-refractivity contribution >= 4 is 15.9 Å². The molecule has 0 radical (unpaired) electrons. The molecule has 0 N–H and O–H groups in total. The number of rotatable bonds is 2. The molecule has 0 heterocycles. The molecule has 0 bridgehead atoms. The monoisotopic (exact) mass is 266 g/mol. The van der Waals surface area contributed by atoms with Crippen LogP contribution in [0.15, 0.2) is 24.3 Å². The summed E-state index contributed by atoms with van der Waals surface area (Å²) in [7, 11) is 0. The van der Waals surface area contributed by atoms with Gasteiger partial charge in [0, 0.05) is 4.83 Å². The second-order valence-electron chi connectivity index (χ2n) is 3.20. The standard InChI is InChI=1S/C10H10BrF3/c1-7-2-4-8(5-3-7)9(11)6-10(12,13)14/h2-5,9H,6H2,1H3. The molecule has 0 fully saturated rings. The summed E-state index contributed by atoms with van der Waals surface area (Å²) in [4.78, 5) is -0.650. The van der Waals surface area contributed by atoms with Crippen LogP contribution in [0, 0.1) is 6.92 Å². The van der Waals surface area contributed by atoms with Crippen molar-refractivity contribution in [2.45, 2.75) is 24.3 Å². The molecule has 0 amide bonds. The predicted octanol–water partition coefficient (Wildman–Crippen LogP) is 4.38. The summed E-state index contributed by atoms with van der Waals surface area (Å²) in [6.07, 6.45) is -4.96. The molecule has 1 atom stereocenters. The molecule has 1 aromatic rings. The summed E-state index contributed by atoms with van der Waals surface area (Å²) in [6.45, 7) is 1.90. The van der Waals surface area contributed by atoms with E-state index in [9.17, 15) is 13.2 Å². The molecule has 1 rings (SSSR count). The highest BCUT2D eigenvalue weighted by atomic mass is 79.9. The van der Waals surface area contributed by atoms with Crippen molar-refractivity contribution in [1.82, 2.24) is 0 Å². The third-order valence-electron chi connectivity index (χ3n) is 1.85. The molecule has 0 aliphatic heterocycles.